The minimum absolute atomic E-state index is 0.0922. The van der Waals surface area contributed by atoms with Gasteiger partial charge in [-0.15, -0.1) is 0 Å². The van der Waals surface area contributed by atoms with Gasteiger partial charge in [-0.05, 0) is 45.6 Å². The molecule has 0 aromatic carbocycles. The zero-order valence-electron chi connectivity index (χ0n) is 11.6. The molecule has 1 fully saturated rings. The molecule has 0 aromatic heterocycles. The molecule has 3 nitrogen and oxygen atoms in total. The summed E-state index contributed by atoms with van der Waals surface area (Å²) >= 11 is 0. The Kier molecular flexibility index (Phi) is 4.99. The van der Waals surface area contributed by atoms with E-state index in [0.29, 0.717) is 6.54 Å². The molecule has 0 heterocycles. The maximum absolute atomic E-state index is 12.5. The molecule has 3 heteroatoms. The Hall–Kier alpha value is -0.570. The zero-order chi connectivity index (χ0) is 12.9. The average molecular weight is 240 g/mol. The molecule has 0 bridgehead atoms. The van der Waals surface area contributed by atoms with Gasteiger partial charge in [-0.3, -0.25) is 4.79 Å². The molecule has 1 amide bonds. The quantitative estimate of drug-likeness (QED) is 0.750. The summed E-state index contributed by atoms with van der Waals surface area (Å²) in [6, 6.07) is 0. The van der Waals surface area contributed by atoms with Crippen molar-refractivity contribution in [1.82, 2.24) is 5.32 Å². The Morgan fingerprint density at radius 1 is 1.35 bits per heavy atom. The van der Waals surface area contributed by atoms with E-state index in [9.17, 15) is 4.79 Å². The Morgan fingerprint density at radius 3 is 2.35 bits per heavy atom. The van der Waals surface area contributed by atoms with Crippen LogP contribution in [0.1, 0.15) is 65.7 Å². The van der Waals surface area contributed by atoms with E-state index in [1.165, 1.54) is 12.8 Å². The third kappa shape index (κ3) is 3.21. The number of hydrogen-bond donors (Lipinski definition) is 2. The van der Waals surface area contributed by atoms with Gasteiger partial charge in [-0.2, -0.15) is 0 Å². The lowest BCUT2D eigenvalue weighted by atomic mass is 9.81. The predicted molar refractivity (Wildman–Crippen MR) is 71.7 cm³/mol. The minimum Gasteiger partial charge on any atom is -0.350 e. The summed E-state index contributed by atoms with van der Waals surface area (Å²) < 4.78 is 0. The van der Waals surface area contributed by atoms with Crippen LogP contribution in [0.25, 0.3) is 0 Å². The van der Waals surface area contributed by atoms with Crippen molar-refractivity contribution in [3.8, 4) is 0 Å². The van der Waals surface area contributed by atoms with Crippen LogP contribution in [0.5, 0.6) is 0 Å². The van der Waals surface area contributed by atoms with Crippen LogP contribution in [0.2, 0.25) is 0 Å². The van der Waals surface area contributed by atoms with E-state index in [1.807, 2.05) is 0 Å². The molecular formula is C14H28N2O. The van der Waals surface area contributed by atoms with Crippen molar-refractivity contribution in [2.45, 2.75) is 71.3 Å². The van der Waals surface area contributed by atoms with Crippen LogP contribution >= 0.6 is 0 Å². The van der Waals surface area contributed by atoms with Gasteiger partial charge in [0.15, 0.2) is 0 Å². The van der Waals surface area contributed by atoms with Crippen molar-refractivity contribution in [2.75, 3.05) is 6.54 Å². The van der Waals surface area contributed by atoms with E-state index >= 15 is 0 Å². The van der Waals surface area contributed by atoms with Crippen LogP contribution in [0.4, 0.5) is 0 Å². The first-order valence-electron chi connectivity index (χ1n) is 7.04. The highest BCUT2D eigenvalue weighted by Gasteiger charge is 2.41. The maximum atomic E-state index is 12.5. The van der Waals surface area contributed by atoms with E-state index in [-0.39, 0.29) is 16.9 Å². The van der Waals surface area contributed by atoms with Gasteiger partial charge < -0.3 is 11.1 Å². The second-order valence-electron chi connectivity index (χ2n) is 5.75. The summed E-state index contributed by atoms with van der Waals surface area (Å²) in [5.41, 5.74) is 5.41. The number of carbonyl (C=O) groups excluding carboxylic acids is 1. The first-order valence-corrected chi connectivity index (χ1v) is 7.04. The summed E-state index contributed by atoms with van der Waals surface area (Å²) in [4.78, 5) is 12.5. The molecule has 0 spiro atoms. The lowest BCUT2D eigenvalue weighted by molar-refractivity contribution is -0.133. The van der Waals surface area contributed by atoms with Crippen molar-refractivity contribution in [3.05, 3.63) is 0 Å². The topological polar surface area (TPSA) is 55.1 Å². The Morgan fingerprint density at radius 2 is 1.94 bits per heavy atom. The fourth-order valence-electron chi connectivity index (χ4n) is 2.85. The molecule has 100 valence electrons. The standard InChI is InChI=1S/C14H28N2O/c1-4-13(3,10-11-15)16-12(17)14(5-2)8-6-7-9-14/h4-11,15H2,1-3H3,(H,16,17). The SMILES string of the molecule is CCC(C)(CCN)NC(=O)C1(CC)CCCC1. The average Bonchev–Trinajstić information content (AvgIpc) is 2.79. The molecular weight excluding hydrogens is 212 g/mol. The van der Waals surface area contributed by atoms with Crippen LogP contribution in [-0.2, 0) is 4.79 Å². The molecule has 1 rings (SSSR count). The van der Waals surface area contributed by atoms with E-state index < -0.39 is 0 Å². The molecule has 1 aliphatic rings. The van der Waals surface area contributed by atoms with Crippen molar-refractivity contribution in [1.29, 1.82) is 0 Å². The van der Waals surface area contributed by atoms with Crippen molar-refractivity contribution in [2.24, 2.45) is 11.1 Å². The van der Waals surface area contributed by atoms with E-state index in [1.54, 1.807) is 0 Å². The van der Waals surface area contributed by atoms with Gasteiger partial charge in [0, 0.05) is 11.0 Å². The van der Waals surface area contributed by atoms with Gasteiger partial charge >= 0.3 is 0 Å². The van der Waals surface area contributed by atoms with Crippen molar-refractivity contribution < 1.29 is 4.79 Å². The zero-order valence-corrected chi connectivity index (χ0v) is 11.6. The fourth-order valence-corrected chi connectivity index (χ4v) is 2.85. The van der Waals surface area contributed by atoms with Gasteiger partial charge in [-0.1, -0.05) is 26.7 Å². The van der Waals surface area contributed by atoms with Crippen molar-refractivity contribution in [3.63, 3.8) is 0 Å². The Balaban J connectivity index is 2.69. The number of rotatable bonds is 6. The fraction of sp³-hybridized carbons (Fsp3) is 0.929. The molecule has 3 N–H and O–H groups in total. The molecule has 1 aliphatic carbocycles. The molecule has 0 radical (unpaired) electrons. The highest BCUT2D eigenvalue weighted by atomic mass is 16.2. The summed E-state index contributed by atoms with van der Waals surface area (Å²) in [5.74, 6) is 0.260. The van der Waals surface area contributed by atoms with E-state index in [0.717, 1.165) is 32.1 Å². The normalized spacial score (nSPS) is 22.1. The Bertz CT molecular complexity index is 259. The highest BCUT2D eigenvalue weighted by molar-refractivity contribution is 5.83. The number of hydrogen-bond acceptors (Lipinski definition) is 2. The van der Waals surface area contributed by atoms with Crippen LogP contribution < -0.4 is 11.1 Å². The van der Waals surface area contributed by atoms with E-state index in [2.05, 4.69) is 26.1 Å². The third-order valence-corrected chi connectivity index (χ3v) is 4.61. The number of amides is 1. The van der Waals surface area contributed by atoms with Crippen LogP contribution in [-0.4, -0.2) is 18.0 Å². The number of carbonyl (C=O) groups is 1. The second kappa shape index (κ2) is 5.85. The summed E-state index contributed by atoms with van der Waals surface area (Å²) in [7, 11) is 0. The molecule has 1 saturated carbocycles. The number of nitrogens with two attached hydrogens (primary N) is 1. The van der Waals surface area contributed by atoms with Gasteiger partial charge in [0.25, 0.3) is 0 Å². The predicted octanol–water partition coefficient (Wildman–Crippen LogP) is 2.59. The number of nitrogens with one attached hydrogen (secondary N) is 1. The smallest absolute Gasteiger partial charge is 0.226 e. The van der Waals surface area contributed by atoms with E-state index in [4.69, 9.17) is 5.73 Å². The Labute approximate surface area is 106 Å². The van der Waals surface area contributed by atoms with Gasteiger partial charge in [0.05, 0.1) is 0 Å². The van der Waals surface area contributed by atoms with Gasteiger partial charge in [0.2, 0.25) is 5.91 Å². The lowest BCUT2D eigenvalue weighted by Crippen LogP contribution is -2.52. The molecule has 0 aliphatic heterocycles. The van der Waals surface area contributed by atoms with Gasteiger partial charge in [0.1, 0.15) is 0 Å². The molecule has 1 atom stereocenters. The first-order chi connectivity index (χ1) is 8.02. The molecule has 0 aromatic rings. The lowest BCUT2D eigenvalue weighted by Gasteiger charge is -2.35. The van der Waals surface area contributed by atoms with Crippen LogP contribution in [0.15, 0.2) is 0 Å². The summed E-state index contributed by atoms with van der Waals surface area (Å²) in [6.07, 6.45) is 7.25. The first kappa shape index (κ1) is 14.5. The monoisotopic (exact) mass is 240 g/mol. The summed E-state index contributed by atoms with van der Waals surface area (Å²) in [5, 5.41) is 3.26. The van der Waals surface area contributed by atoms with Gasteiger partial charge in [-0.25, -0.2) is 0 Å². The minimum atomic E-state index is -0.128. The molecule has 0 saturated heterocycles. The molecule has 17 heavy (non-hydrogen) atoms. The third-order valence-electron chi connectivity index (χ3n) is 4.61. The second-order valence-corrected chi connectivity index (χ2v) is 5.75. The molecule has 1 unspecified atom stereocenters. The van der Waals surface area contributed by atoms with Crippen LogP contribution in [0, 0.1) is 5.41 Å². The summed E-state index contributed by atoms with van der Waals surface area (Å²) in [6.45, 7) is 6.99. The van der Waals surface area contributed by atoms with Crippen molar-refractivity contribution >= 4 is 5.91 Å². The maximum Gasteiger partial charge on any atom is 0.226 e. The van der Waals surface area contributed by atoms with Crippen LogP contribution in [0.3, 0.4) is 0 Å². The largest absolute Gasteiger partial charge is 0.350 e. The highest BCUT2D eigenvalue weighted by Crippen LogP contribution is 2.41.